The van der Waals surface area contributed by atoms with E-state index in [0.717, 1.165) is 41.7 Å². The van der Waals surface area contributed by atoms with E-state index in [-0.39, 0.29) is 24.5 Å². The Hall–Kier alpha value is -3.88. The summed E-state index contributed by atoms with van der Waals surface area (Å²) in [7, 11) is 1.53. The molecule has 2 fully saturated rings. The lowest BCUT2D eigenvalue weighted by Crippen LogP contribution is -2.46. The van der Waals surface area contributed by atoms with Gasteiger partial charge < -0.3 is 20.3 Å². The maximum Gasteiger partial charge on any atom is 0.418 e. The van der Waals surface area contributed by atoms with Crippen LogP contribution in [-0.2, 0) is 32.8 Å². The average molecular weight is 503 g/mol. The molecule has 0 aromatic heterocycles. The minimum Gasteiger partial charge on any atom is -0.427 e. The van der Waals surface area contributed by atoms with Crippen molar-refractivity contribution in [1.82, 2.24) is 15.1 Å². The summed E-state index contributed by atoms with van der Waals surface area (Å²) in [4.78, 5) is 54.8. The monoisotopic (exact) mass is 502 g/mol. The number of fused-ring (bicyclic) bond motifs is 3. The molecule has 6 rings (SSSR count). The first-order valence-corrected chi connectivity index (χ1v) is 12.9. The lowest BCUT2D eigenvalue weighted by Gasteiger charge is -2.31. The number of ether oxygens (including phenoxy) is 1. The summed E-state index contributed by atoms with van der Waals surface area (Å²) in [6, 6.07) is 13.0. The van der Waals surface area contributed by atoms with Gasteiger partial charge in [0.1, 0.15) is 6.54 Å². The smallest absolute Gasteiger partial charge is 0.418 e. The summed E-state index contributed by atoms with van der Waals surface area (Å²) in [6.07, 6.45) is 4.00. The summed E-state index contributed by atoms with van der Waals surface area (Å²) in [5.74, 6) is -0.238. The van der Waals surface area contributed by atoms with Gasteiger partial charge in [-0.3, -0.25) is 9.59 Å². The molecule has 2 aromatic carbocycles. The second-order valence-electron chi connectivity index (χ2n) is 10.4. The minimum absolute atomic E-state index is 0.0366. The number of hydrogen-bond acceptors (Lipinski definition) is 5. The van der Waals surface area contributed by atoms with Gasteiger partial charge in [0.25, 0.3) is 5.91 Å². The molecule has 1 unspecified atom stereocenters. The fourth-order valence-corrected chi connectivity index (χ4v) is 5.99. The number of carbonyl (C=O) groups excluding carboxylic acids is 4. The van der Waals surface area contributed by atoms with Gasteiger partial charge in [-0.05, 0) is 66.8 Å². The average Bonchev–Trinajstić information content (AvgIpc) is 3.44. The van der Waals surface area contributed by atoms with Crippen molar-refractivity contribution in [2.24, 2.45) is 5.92 Å². The molecule has 1 aliphatic heterocycles. The SMILES string of the molecule is CNC(=O)Nc1ccc2c(c1)CC[C@@]21OC(=O)N(CC(=O)N(CC2CC2)C2CCc3ccccc32)C1=O. The Bertz CT molecular complexity index is 1310. The van der Waals surface area contributed by atoms with Crippen LogP contribution in [0, 0.1) is 5.92 Å². The number of nitrogens with one attached hydrogen (secondary N) is 2. The zero-order chi connectivity index (χ0) is 25.7. The van der Waals surface area contributed by atoms with Crippen molar-refractivity contribution in [1.29, 1.82) is 0 Å². The van der Waals surface area contributed by atoms with Crippen LogP contribution < -0.4 is 10.6 Å². The first-order chi connectivity index (χ1) is 17.9. The molecule has 2 atom stereocenters. The molecular weight excluding hydrogens is 472 g/mol. The van der Waals surface area contributed by atoms with Gasteiger partial charge in [0.2, 0.25) is 11.5 Å². The van der Waals surface area contributed by atoms with E-state index < -0.39 is 17.6 Å². The molecule has 192 valence electrons. The van der Waals surface area contributed by atoms with Crippen LogP contribution in [0.3, 0.4) is 0 Å². The lowest BCUT2D eigenvalue weighted by molar-refractivity contribution is -0.143. The third-order valence-corrected chi connectivity index (χ3v) is 8.09. The number of benzene rings is 2. The van der Waals surface area contributed by atoms with Crippen molar-refractivity contribution in [3.63, 3.8) is 0 Å². The molecule has 1 spiro atoms. The van der Waals surface area contributed by atoms with Gasteiger partial charge in [-0.15, -0.1) is 0 Å². The Morgan fingerprint density at radius 1 is 1.08 bits per heavy atom. The lowest BCUT2D eigenvalue weighted by atomic mass is 9.94. The van der Waals surface area contributed by atoms with Crippen molar-refractivity contribution in [3.05, 3.63) is 64.7 Å². The van der Waals surface area contributed by atoms with E-state index in [1.54, 1.807) is 18.2 Å². The Balaban J connectivity index is 1.22. The number of anilines is 1. The standard InChI is InChI=1S/C28H30N4O5/c1-29-26(35)30-20-9-10-22-19(14-20)12-13-28(22)25(34)32(27(36)37-28)16-24(33)31(15-17-6-7-17)23-11-8-18-4-2-3-5-21(18)23/h2-5,9-10,14,17,23H,6-8,11-13,15-16H2,1H3,(H2,29,30,35)/t23?,28-/m1/s1. The van der Waals surface area contributed by atoms with Crippen LogP contribution in [0.4, 0.5) is 15.3 Å². The Labute approximate surface area is 215 Å². The summed E-state index contributed by atoms with van der Waals surface area (Å²) < 4.78 is 5.73. The summed E-state index contributed by atoms with van der Waals surface area (Å²) in [5, 5.41) is 5.22. The summed E-state index contributed by atoms with van der Waals surface area (Å²) in [5.41, 5.74) is 3.04. The fourth-order valence-electron chi connectivity index (χ4n) is 5.99. The molecule has 1 saturated carbocycles. The van der Waals surface area contributed by atoms with E-state index in [4.69, 9.17) is 4.74 Å². The molecule has 2 N–H and O–H groups in total. The summed E-state index contributed by atoms with van der Waals surface area (Å²) in [6.45, 7) is 0.320. The van der Waals surface area contributed by atoms with Crippen molar-refractivity contribution in [3.8, 4) is 0 Å². The molecule has 1 heterocycles. The highest BCUT2D eigenvalue weighted by Crippen LogP contribution is 2.46. The quantitative estimate of drug-likeness (QED) is 0.629. The minimum atomic E-state index is -1.42. The van der Waals surface area contributed by atoms with Crippen molar-refractivity contribution in [2.75, 3.05) is 25.5 Å². The molecule has 2 aromatic rings. The van der Waals surface area contributed by atoms with Crippen LogP contribution in [0.25, 0.3) is 0 Å². The Morgan fingerprint density at radius 2 is 1.89 bits per heavy atom. The zero-order valence-corrected chi connectivity index (χ0v) is 20.8. The normalized spacial score (nSPS) is 23.6. The number of carbonyl (C=O) groups is 4. The topological polar surface area (TPSA) is 108 Å². The molecular formula is C28H30N4O5. The highest BCUT2D eigenvalue weighted by Gasteiger charge is 2.58. The van der Waals surface area contributed by atoms with Crippen LogP contribution in [0.5, 0.6) is 0 Å². The van der Waals surface area contributed by atoms with Crippen LogP contribution in [0.2, 0.25) is 0 Å². The maximum atomic E-state index is 13.7. The molecule has 37 heavy (non-hydrogen) atoms. The number of nitrogens with zero attached hydrogens (tertiary/aromatic N) is 2. The van der Waals surface area contributed by atoms with Gasteiger partial charge in [0.05, 0.1) is 6.04 Å². The first kappa shape index (κ1) is 23.5. The predicted molar refractivity (Wildman–Crippen MR) is 135 cm³/mol. The van der Waals surface area contributed by atoms with Crippen LogP contribution in [0.1, 0.15) is 54.0 Å². The Kier molecular flexibility index (Phi) is 5.66. The molecule has 1 saturated heterocycles. The molecule has 4 aliphatic rings. The van der Waals surface area contributed by atoms with Gasteiger partial charge in [0, 0.05) is 31.3 Å². The van der Waals surface area contributed by atoms with Gasteiger partial charge in [0.15, 0.2) is 0 Å². The number of amides is 5. The van der Waals surface area contributed by atoms with E-state index in [1.807, 2.05) is 17.0 Å². The number of imide groups is 1. The predicted octanol–water partition coefficient (Wildman–Crippen LogP) is 3.48. The highest BCUT2D eigenvalue weighted by atomic mass is 16.6. The third kappa shape index (κ3) is 4.02. The second-order valence-corrected chi connectivity index (χ2v) is 10.4. The van der Waals surface area contributed by atoms with Crippen molar-refractivity contribution < 1.29 is 23.9 Å². The molecule has 5 amide bonds. The van der Waals surface area contributed by atoms with Gasteiger partial charge in [-0.25, -0.2) is 14.5 Å². The second kappa shape index (κ2) is 8.90. The molecule has 9 nitrogen and oxygen atoms in total. The van der Waals surface area contributed by atoms with Crippen LogP contribution in [0.15, 0.2) is 42.5 Å². The number of hydrogen-bond donors (Lipinski definition) is 2. The maximum absolute atomic E-state index is 13.7. The van der Waals surface area contributed by atoms with Crippen molar-refractivity contribution >= 4 is 29.6 Å². The van der Waals surface area contributed by atoms with Gasteiger partial charge in [-0.1, -0.05) is 30.3 Å². The van der Waals surface area contributed by atoms with E-state index in [9.17, 15) is 19.2 Å². The Morgan fingerprint density at radius 3 is 2.68 bits per heavy atom. The van der Waals surface area contributed by atoms with Gasteiger partial charge >= 0.3 is 12.1 Å². The van der Waals surface area contributed by atoms with E-state index in [2.05, 4.69) is 22.8 Å². The largest absolute Gasteiger partial charge is 0.427 e. The van der Waals surface area contributed by atoms with Crippen molar-refractivity contribution in [2.45, 2.75) is 50.2 Å². The number of urea groups is 1. The van der Waals surface area contributed by atoms with Crippen LogP contribution >= 0.6 is 0 Å². The van der Waals surface area contributed by atoms with Crippen LogP contribution in [-0.4, -0.2) is 53.9 Å². The number of rotatable bonds is 6. The zero-order valence-electron chi connectivity index (χ0n) is 20.8. The molecule has 9 heteroatoms. The first-order valence-electron chi connectivity index (χ1n) is 12.9. The summed E-state index contributed by atoms with van der Waals surface area (Å²) >= 11 is 0. The van der Waals surface area contributed by atoms with Gasteiger partial charge in [-0.2, -0.15) is 0 Å². The molecule has 0 bridgehead atoms. The molecule has 0 radical (unpaired) electrons. The molecule has 3 aliphatic carbocycles. The highest BCUT2D eigenvalue weighted by molar-refractivity contribution is 6.06. The third-order valence-electron chi connectivity index (χ3n) is 8.09. The van der Waals surface area contributed by atoms with E-state index in [1.165, 1.54) is 12.6 Å². The number of aryl methyl sites for hydroxylation is 2. The van der Waals surface area contributed by atoms with E-state index in [0.29, 0.717) is 36.6 Å². The van der Waals surface area contributed by atoms with E-state index >= 15 is 0 Å². The fraction of sp³-hybridized carbons (Fsp3) is 0.429.